The number of aliphatic hydroxyl groups is 1. The predicted octanol–water partition coefficient (Wildman–Crippen LogP) is 0.608. The minimum absolute atomic E-state index is 0.135. The number of aliphatic hydroxyl groups excluding tert-OH is 1. The standard InChI is InChI=1S/C7H10ClN3O2/c1-5-9-3-7(10-13)11(5)4-6(12)2-8/h3,6,12H,2,4H2,1H3/p+1. The van der Waals surface area contributed by atoms with Crippen LogP contribution in [0.4, 0.5) is 5.82 Å². The van der Waals surface area contributed by atoms with Gasteiger partial charge in [0.2, 0.25) is 0 Å². The van der Waals surface area contributed by atoms with Crippen LogP contribution < -0.4 is 4.57 Å². The van der Waals surface area contributed by atoms with Gasteiger partial charge in [-0.25, -0.2) is 4.57 Å². The van der Waals surface area contributed by atoms with Gasteiger partial charge in [-0.3, -0.25) is 4.98 Å². The molecular formula is C7H11ClN3O2+. The highest BCUT2D eigenvalue weighted by Gasteiger charge is 2.17. The van der Waals surface area contributed by atoms with Gasteiger partial charge < -0.3 is 5.11 Å². The van der Waals surface area contributed by atoms with E-state index in [-0.39, 0.29) is 18.2 Å². The van der Waals surface area contributed by atoms with Crippen LogP contribution in [0.15, 0.2) is 11.4 Å². The molecule has 1 heterocycles. The van der Waals surface area contributed by atoms with E-state index >= 15 is 0 Å². The van der Waals surface area contributed by atoms with Gasteiger partial charge in [0.25, 0.3) is 0 Å². The number of nitroso groups, excluding NO2 is 1. The van der Waals surface area contributed by atoms with Crippen molar-refractivity contribution in [2.75, 3.05) is 5.88 Å². The summed E-state index contributed by atoms with van der Waals surface area (Å²) in [6.07, 6.45) is 0.824. The molecule has 0 aliphatic rings. The number of rotatable bonds is 4. The van der Waals surface area contributed by atoms with Crippen molar-refractivity contribution in [3.63, 3.8) is 0 Å². The molecule has 6 heteroatoms. The maximum atomic E-state index is 10.3. The zero-order valence-corrected chi connectivity index (χ0v) is 7.95. The lowest BCUT2D eigenvalue weighted by molar-refractivity contribution is -0.695. The molecule has 0 aliphatic carbocycles. The summed E-state index contributed by atoms with van der Waals surface area (Å²) in [5.74, 6) is 1.16. The molecule has 0 spiro atoms. The van der Waals surface area contributed by atoms with E-state index in [0.29, 0.717) is 0 Å². The SMILES string of the molecule is Cc1[nH]cc(N=O)[n+]1CC(O)CCl. The molecular weight excluding hydrogens is 194 g/mol. The van der Waals surface area contributed by atoms with Gasteiger partial charge in [0.05, 0.1) is 18.5 Å². The molecule has 0 amide bonds. The molecule has 0 saturated carbocycles. The number of alkyl halides is 1. The van der Waals surface area contributed by atoms with Gasteiger partial charge in [-0.15, -0.1) is 11.6 Å². The lowest BCUT2D eigenvalue weighted by Gasteiger charge is -2.04. The normalized spacial score (nSPS) is 12.8. The first-order valence-electron chi connectivity index (χ1n) is 3.84. The summed E-state index contributed by atoms with van der Waals surface area (Å²) < 4.78 is 1.58. The van der Waals surface area contributed by atoms with E-state index in [9.17, 15) is 10.0 Å². The molecule has 1 rings (SSSR count). The maximum absolute atomic E-state index is 10.3. The number of imidazole rings is 1. The number of halogens is 1. The molecule has 1 aromatic heterocycles. The van der Waals surface area contributed by atoms with Crippen LogP contribution in [0, 0.1) is 11.8 Å². The van der Waals surface area contributed by atoms with Crippen molar-refractivity contribution in [2.24, 2.45) is 5.18 Å². The van der Waals surface area contributed by atoms with Gasteiger partial charge in [-0.1, -0.05) is 4.91 Å². The largest absolute Gasteiger partial charge is 0.389 e. The molecule has 1 unspecified atom stereocenters. The number of nitrogens with one attached hydrogen (secondary N) is 1. The van der Waals surface area contributed by atoms with E-state index in [4.69, 9.17) is 11.6 Å². The van der Waals surface area contributed by atoms with Crippen LogP contribution in [0.3, 0.4) is 0 Å². The summed E-state index contributed by atoms with van der Waals surface area (Å²) in [5.41, 5.74) is 0. The fourth-order valence-electron chi connectivity index (χ4n) is 1.06. The Morgan fingerprint density at radius 2 is 2.54 bits per heavy atom. The van der Waals surface area contributed by atoms with Gasteiger partial charge in [0, 0.05) is 6.92 Å². The molecule has 72 valence electrons. The van der Waals surface area contributed by atoms with E-state index < -0.39 is 6.10 Å². The first kappa shape index (κ1) is 10.1. The molecule has 0 fully saturated rings. The summed E-state index contributed by atoms with van der Waals surface area (Å²) in [7, 11) is 0. The van der Waals surface area contributed by atoms with Gasteiger partial charge in [-0.05, 0) is 0 Å². The molecule has 0 aromatic carbocycles. The van der Waals surface area contributed by atoms with Crippen molar-refractivity contribution in [3.05, 3.63) is 16.9 Å². The van der Waals surface area contributed by atoms with Crippen LogP contribution >= 0.6 is 11.6 Å². The first-order valence-corrected chi connectivity index (χ1v) is 4.37. The van der Waals surface area contributed by atoms with Crippen molar-refractivity contribution < 1.29 is 9.67 Å². The lowest BCUT2D eigenvalue weighted by atomic mass is 10.4. The summed E-state index contributed by atoms with van der Waals surface area (Å²) in [5, 5.41) is 12.1. The fourth-order valence-corrected chi connectivity index (χ4v) is 1.16. The number of H-pyrrole nitrogens is 1. The van der Waals surface area contributed by atoms with Crippen LogP contribution in [0.5, 0.6) is 0 Å². The van der Waals surface area contributed by atoms with Gasteiger partial charge in [0.1, 0.15) is 11.4 Å². The highest BCUT2D eigenvalue weighted by atomic mass is 35.5. The Hall–Kier alpha value is -0.940. The molecule has 5 nitrogen and oxygen atoms in total. The van der Waals surface area contributed by atoms with E-state index in [1.165, 1.54) is 6.20 Å². The molecule has 0 radical (unpaired) electrons. The second kappa shape index (κ2) is 4.34. The number of hydrogen-bond donors (Lipinski definition) is 2. The number of nitrogens with zero attached hydrogens (tertiary/aromatic N) is 2. The van der Waals surface area contributed by atoms with Gasteiger partial charge >= 0.3 is 5.82 Å². The fraction of sp³-hybridized carbons (Fsp3) is 0.571. The highest BCUT2D eigenvalue weighted by Crippen LogP contribution is 2.04. The lowest BCUT2D eigenvalue weighted by Crippen LogP contribution is -2.41. The summed E-state index contributed by atoms with van der Waals surface area (Å²) >= 11 is 5.43. The minimum atomic E-state index is -0.665. The average molecular weight is 205 g/mol. The summed E-state index contributed by atoms with van der Waals surface area (Å²) in [6.45, 7) is 2.07. The van der Waals surface area contributed by atoms with Crippen LogP contribution in [0.1, 0.15) is 5.82 Å². The van der Waals surface area contributed by atoms with Crippen LogP contribution in [-0.4, -0.2) is 22.1 Å². The van der Waals surface area contributed by atoms with Crippen molar-refractivity contribution in [1.29, 1.82) is 0 Å². The number of aromatic nitrogens is 2. The third kappa shape index (κ3) is 2.26. The van der Waals surface area contributed by atoms with Crippen LogP contribution in [0.25, 0.3) is 0 Å². The quantitative estimate of drug-likeness (QED) is 0.429. The van der Waals surface area contributed by atoms with Crippen LogP contribution in [0.2, 0.25) is 0 Å². The van der Waals surface area contributed by atoms with Crippen molar-refractivity contribution in [3.8, 4) is 0 Å². The minimum Gasteiger partial charge on any atom is -0.389 e. The topological polar surface area (TPSA) is 69.3 Å². The first-order chi connectivity index (χ1) is 6.19. The third-order valence-electron chi connectivity index (χ3n) is 1.76. The second-order valence-electron chi connectivity index (χ2n) is 2.74. The molecule has 1 atom stereocenters. The molecule has 2 N–H and O–H groups in total. The van der Waals surface area contributed by atoms with Crippen molar-refractivity contribution in [2.45, 2.75) is 19.6 Å². The Balaban J connectivity index is 2.85. The highest BCUT2D eigenvalue weighted by molar-refractivity contribution is 6.18. The molecule has 0 saturated heterocycles. The van der Waals surface area contributed by atoms with Gasteiger partial charge in [0.15, 0.2) is 5.82 Å². The van der Waals surface area contributed by atoms with Gasteiger partial charge in [-0.2, -0.15) is 0 Å². The zero-order chi connectivity index (χ0) is 9.84. The average Bonchev–Trinajstić information content (AvgIpc) is 2.48. The number of aromatic amines is 1. The Labute approximate surface area is 80.3 Å². The third-order valence-corrected chi connectivity index (χ3v) is 2.11. The molecule has 0 aliphatic heterocycles. The Bertz CT molecular complexity index is 300. The molecule has 0 bridgehead atoms. The van der Waals surface area contributed by atoms with Crippen molar-refractivity contribution >= 4 is 17.4 Å². The Morgan fingerprint density at radius 3 is 3.08 bits per heavy atom. The predicted molar refractivity (Wildman–Crippen MR) is 47.9 cm³/mol. The van der Waals surface area contributed by atoms with E-state index in [1.54, 1.807) is 11.5 Å². The van der Waals surface area contributed by atoms with Crippen LogP contribution in [-0.2, 0) is 6.54 Å². The zero-order valence-electron chi connectivity index (χ0n) is 7.20. The van der Waals surface area contributed by atoms with E-state index in [0.717, 1.165) is 5.82 Å². The smallest absolute Gasteiger partial charge is 0.342 e. The monoisotopic (exact) mass is 204 g/mol. The second-order valence-corrected chi connectivity index (χ2v) is 3.05. The van der Waals surface area contributed by atoms with Crippen molar-refractivity contribution in [1.82, 2.24) is 4.98 Å². The summed E-state index contributed by atoms with van der Waals surface area (Å²) in [6, 6.07) is 0. The van der Waals surface area contributed by atoms with E-state index in [2.05, 4.69) is 10.2 Å². The number of aryl methyl sites for hydroxylation is 1. The Morgan fingerprint density at radius 1 is 1.85 bits per heavy atom. The van der Waals surface area contributed by atoms with E-state index in [1.807, 2.05) is 0 Å². The molecule has 1 aromatic rings. The summed E-state index contributed by atoms with van der Waals surface area (Å²) in [4.78, 5) is 13.1. The molecule has 13 heavy (non-hydrogen) atoms. The Kier molecular flexibility index (Phi) is 3.39. The maximum Gasteiger partial charge on any atom is 0.342 e. The number of hydrogen-bond acceptors (Lipinski definition) is 3.